The second kappa shape index (κ2) is 11.8. The van der Waals surface area contributed by atoms with E-state index in [-0.39, 0.29) is 0 Å². The van der Waals surface area contributed by atoms with E-state index in [0.717, 1.165) is 35.2 Å². The summed E-state index contributed by atoms with van der Waals surface area (Å²) in [5.41, 5.74) is 3.30. The topological polar surface area (TPSA) is 84.9 Å². The highest BCUT2D eigenvalue weighted by atomic mass is 79.9. The maximum atomic E-state index is 12.3. The minimum Gasteiger partial charge on any atom is -0.454 e. The van der Waals surface area contributed by atoms with Crippen molar-refractivity contribution >= 4 is 39.6 Å². The van der Waals surface area contributed by atoms with E-state index in [1.54, 1.807) is 12.1 Å². The lowest BCUT2D eigenvalue weighted by Crippen LogP contribution is -2.39. The zero-order valence-electron chi connectivity index (χ0n) is 19.0. The van der Waals surface area contributed by atoms with Gasteiger partial charge in [0.1, 0.15) is 6.10 Å². The summed E-state index contributed by atoms with van der Waals surface area (Å²) >= 11 is 3.48. The molecule has 0 unspecified atom stereocenters. The Bertz CT molecular complexity index is 1190. The number of piperidine rings is 1. The van der Waals surface area contributed by atoms with Crippen molar-refractivity contribution in [3.63, 3.8) is 0 Å². The molecule has 4 rings (SSSR count). The lowest BCUT2D eigenvalue weighted by Gasteiger charge is -2.31. The summed E-state index contributed by atoms with van der Waals surface area (Å²) in [4.78, 5) is 38.9. The molecule has 7 nitrogen and oxygen atoms in total. The molecule has 1 aliphatic heterocycles. The molecule has 0 aromatic heterocycles. The molecule has 35 heavy (non-hydrogen) atoms. The van der Waals surface area contributed by atoms with E-state index in [4.69, 9.17) is 4.74 Å². The minimum absolute atomic E-state index is 0.393. The van der Waals surface area contributed by atoms with Gasteiger partial charge in [0.25, 0.3) is 0 Å². The Morgan fingerprint density at radius 3 is 2.34 bits per heavy atom. The van der Waals surface area contributed by atoms with Crippen LogP contribution in [0.5, 0.6) is 0 Å². The maximum Gasteiger partial charge on any atom is 0.426 e. The summed E-state index contributed by atoms with van der Waals surface area (Å²) in [7, 11) is 0. The van der Waals surface area contributed by atoms with Gasteiger partial charge in [-0.05, 0) is 42.2 Å². The van der Waals surface area contributed by atoms with Crippen LogP contribution in [0.25, 0.3) is 11.1 Å². The Morgan fingerprint density at radius 2 is 1.60 bits per heavy atom. The Labute approximate surface area is 212 Å². The number of halogens is 1. The number of carbonyl (C=O) groups is 3. The third-order valence-corrected chi connectivity index (χ3v) is 6.20. The van der Waals surface area contributed by atoms with Crippen LogP contribution < -0.4 is 5.32 Å². The lowest BCUT2D eigenvalue weighted by molar-refractivity contribution is -0.168. The van der Waals surface area contributed by atoms with Crippen molar-refractivity contribution in [1.82, 2.24) is 4.90 Å². The number of anilines is 1. The first kappa shape index (κ1) is 24.6. The number of likely N-dealkylation sites (tertiary alicyclic amines) is 1. The van der Waals surface area contributed by atoms with Crippen LogP contribution in [0.2, 0.25) is 0 Å². The van der Waals surface area contributed by atoms with Gasteiger partial charge in [0.05, 0.1) is 5.69 Å². The Kier molecular flexibility index (Phi) is 8.28. The monoisotopic (exact) mass is 536 g/mol. The van der Waals surface area contributed by atoms with Crippen molar-refractivity contribution in [3.05, 3.63) is 88.9 Å². The standard InChI is InChI=1S/C27H25BrN2O5/c28-21-10-6-7-19(17-21)18-30-15-13-22(14-16-30)34-25(31)26(32)35-27(33)29-24-12-5-4-11-23(24)20-8-2-1-3-9-20/h1-12,17,22H,13-16,18H2,(H,29,33). The second-order valence-electron chi connectivity index (χ2n) is 8.22. The lowest BCUT2D eigenvalue weighted by atomic mass is 10.0. The predicted octanol–water partition coefficient (Wildman–Crippen LogP) is 5.40. The van der Waals surface area contributed by atoms with E-state index in [0.29, 0.717) is 18.5 Å². The van der Waals surface area contributed by atoms with Crippen molar-refractivity contribution in [2.24, 2.45) is 0 Å². The third kappa shape index (κ3) is 7.00. The molecule has 1 aliphatic rings. The Hall–Kier alpha value is -3.49. The van der Waals surface area contributed by atoms with Crippen molar-refractivity contribution in [2.75, 3.05) is 18.4 Å². The molecule has 0 atom stereocenters. The van der Waals surface area contributed by atoms with Crippen LogP contribution in [0, 0.1) is 0 Å². The highest BCUT2D eigenvalue weighted by Gasteiger charge is 2.28. The molecule has 0 radical (unpaired) electrons. The van der Waals surface area contributed by atoms with Gasteiger partial charge in [-0.2, -0.15) is 0 Å². The van der Waals surface area contributed by atoms with E-state index in [9.17, 15) is 14.4 Å². The molecular formula is C27H25BrN2O5. The van der Waals surface area contributed by atoms with Gasteiger partial charge in [-0.3, -0.25) is 10.2 Å². The zero-order valence-corrected chi connectivity index (χ0v) is 20.6. The number of ether oxygens (including phenoxy) is 2. The van der Waals surface area contributed by atoms with Crippen LogP contribution >= 0.6 is 15.9 Å². The molecular weight excluding hydrogens is 512 g/mol. The van der Waals surface area contributed by atoms with Crippen LogP contribution in [0.15, 0.2) is 83.3 Å². The van der Waals surface area contributed by atoms with Gasteiger partial charge in [0.2, 0.25) is 0 Å². The summed E-state index contributed by atoms with van der Waals surface area (Å²) in [6, 6.07) is 24.7. The Balaban J connectivity index is 1.24. The fraction of sp³-hybridized carbons (Fsp3) is 0.222. The second-order valence-corrected chi connectivity index (χ2v) is 9.14. The quantitative estimate of drug-likeness (QED) is 0.267. The molecule has 1 heterocycles. The molecule has 0 bridgehead atoms. The number of hydrogen-bond acceptors (Lipinski definition) is 6. The van der Waals surface area contributed by atoms with E-state index in [2.05, 4.69) is 43.0 Å². The van der Waals surface area contributed by atoms with Crippen molar-refractivity contribution in [1.29, 1.82) is 0 Å². The molecule has 1 saturated heterocycles. The largest absolute Gasteiger partial charge is 0.454 e. The fourth-order valence-electron chi connectivity index (χ4n) is 4.00. The molecule has 3 aromatic rings. The predicted molar refractivity (Wildman–Crippen MR) is 136 cm³/mol. The molecule has 3 aromatic carbocycles. The van der Waals surface area contributed by atoms with Crippen LogP contribution in [-0.2, 0) is 25.6 Å². The minimum atomic E-state index is -1.34. The number of para-hydroxylation sites is 1. The number of nitrogens with one attached hydrogen (secondary N) is 1. The Morgan fingerprint density at radius 1 is 0.886 bits per heavy atom. The number of esters is 2. The van der Waals surface area contributed by atoms with Gasteiger partial charge in [-0.1, -0.05) is 76.6 Å². The number of nitrogens with zero attached hydrogens (tertiary/aromatic N) is 1. The normalized spacial score (nSPS) is 14.2. The van der Waals surface area contributed by atoms with E-state index >= 15 is 0 Å². The van der Waals surface area contributed by atoms with Gasteiger partial charge in [-0.15, -0.1) is 0 Å². The first-order valence-corrected chi connectivity index (χ1v) is 12.1. The average molecular weight is 537 g/mol. The van der Waals surface area contributed by atoms with Gasteiger partial charge >= 0.3 is 18.0 Å². The summed E-state index contributed by atoms with van der Waals surface area (Å²) in [5, 5.41) is 2.53. The van der Waals surface area contributed by atoms with E-state index in [1.165, 1.54) is 5.56 Å². The molecule has 1 amide bonds. The van der Waals surface area contributed by atoms with Crippen LogP contribution in [-0.4, -0.2) is 42.1 Å². The maximum absolute atomic E-state index is 12.3. The number of rotatable bonds is 5. The molecule has 0 saturated carbocycles. The molecule has 1 N–H and O–H groups in total. The van der Waals surface area contributed by atoms with Gasteiger partial charge in [0.15, 0.2) is 0 Å². The van der Waals surface area contributed by atoms with Crippen LogP contribution in [0.3, 0.4) is 0 Å². The number of benzene rings is 3. The van der Waals surface area contributed by atoms with Gasteiger partial charge in [-0.25, -0.2) is 14.4 Å². The van der Waals surface area contributed by atoms with Crippen LogP contribution in [0.1, 0.15) is 18.4 Å². The van der Waals surface area contributed by atoms with Gasteiger partial charge < -0.3 is 9.47 Å². The smallest absolute Gasteiger partial charge is 0.426 e. The fourth-order valence-corrected chi connectivity index (χ4v) is 4.45. The first-order chi connectivity index (χ1) is 17.0. The zero-order chi connectivity index (χ0) is 24.6. The first-order valence-electron chi connectivity index (χ1n) is 11.3. The van der Waals surface area contributed by atoms with Crippen molar-refractivity contribution in [3.8, 4) is 11.1 Å². The van der Waals surface area contributed by atoms with Crippen molar-refractivity contribution < 1.29 is 23.9 Å². The highest BCUT2D eigenvalue weighted by Crippen LogP contribution is 2.27. The molecule has 8 heteroatoms. The molecule has 0 aliphatic carbocycles. The number of hydrogen-bond donors (Lipinski definition) is 1. The third-order valence-electron chi connectivity index (χ3n) is 5.70. The van der Waals surface area contributed by atoms with Crippen molar-refractivity contribution in [2.45, 2.75) is 25.5 Å². The van der Waals surface area contributed by atoms with Gasteiger partial charge in [0, 0.05) is 29.7 Å². The molecule has 180 valence electrons. The molecule has 0 spiro atoms. The van der Waals surface area contributed by atoms with Crippen LogP contribution in [0.4, 0.5) is 10.5 Å². The number of amides is 1. The van der Waals surface area contributed by atoms with E-state index in [1.807, 2.05) is 54.6 Å². The average Bonchev–Trinajstić information content (AvgIpc) is 2.86. The molecule has 1 fully saturated rings. The number of carbonyl (C=O) groups excluding carboxylic acids is 3. The SMILES string of the molecule is O=C(Nc1ccccc1-c1ccccc1)OC(=O)C(=O)OC1CCN(Cc2cccc(Br)c2)CC1. The summed E-state index contributed by atoms with van der Waals surface area (Å²) < 4.78 is 11.0. The summed E-state index contributed by atoms with van der Waals surface area (Å²) in [5.74, 6) is -2.50. The van der Waals surface area contributed by atoms with E-state index < -0.39 is 24.1 Å². The summed E-state index contributed by atoms with van der Waals surface area (Å²) in [6.07, 6.45) is -0.234. The highest BCUT2D eigenvalue weighted by molar-refractivity contribution is 9.10. The summed E-state index contributed by atoms with van der Waals surface area (Å²) in [6.45, 7) is 2.26.